The molecule has 0 bridgehead atoms. The first-order valence-electron chi connectivity index (χ1n) is 5.98. The van der Waals surface area contributed by atoms with E-state index in [2.05, 4.69) is 0 Å². The fourth-order valence-corrected chi connectivity index (χ4v) is 1.92. The molecule has 0 N–H and O–H groups in total. The summed E-state index contributed by atoms with van der Waals surface area (Å²) >= 11 is 0. The van der Waals surface area contributed by atoms with Crippen LogP contribution in [0.3, 0.4) is 0 Å². The summed E-state index contributed by atoms with van der Waals surface area (Å²) in [5.41, 5.74) is 0. The Morgan fingerprint density at radius 2 is 2.25 bits per heavy atom. The first kappa shape index (κ1) is 13.0. The van der Waals surface area contributed by atoms with Gasteiger partial charge in [0.2, 0.25) is 0 Å². The van der Waals surface area contributed by atoms with E-state index in [1.165, 1.54) is 0 Å². The van der Waals surface area contributed by atoms with E-state index < -0.39 is 0 Å². The molecule has 2 atom stereocenters. The van der Waals surface area contributed by atoms with Crippen LogP contribution in [-0.4, -0.2) is 24.6 Å². The highest BCUT2D eigenvalue weighted by atomic mass is 16.6. The summed E-state index contributed by atoms with van der Waals surface area (Å²) in [6.07, 6.45) is 3.60. The van der Waals surface area contributed by atoms with E-state index in [1.807, 2.05) is 6.92 Å². The zero-order chi connectivity index (χ0) is 12.0. The van der Waals surface area contributed by atoms with Crippen LogP contribution >= 0.6 is 0 Å². The summed E-state index contributed by atoms with van der Waals surface area (Å²) in [5, 5.41) is 0. The lowest BCUT2D eigenvalue weighted by molar-refractivity contribution is -0.144. The topological polar surface area (TPSA) is 52.6 Å². The quantitative estimate of drug-likeness (QED) is 0.516. The number of hydrogen-bond acceptors (Lipinski definition) is 4. The lowest BCUT2D eigenvalue weighted by Crippen LogP contribution is -2.13. The van der Waals surface area contributed by atoms with E-state index in [9.17, 15) is 9.59 Å². The van der Waals surface area contributed by atoms with Gasteiger partial charge in [0.1, 0.15) is 6.10 Å². The highest BCUT2D eigenvalue weighted by Gasteiger charge is 2.30. The van der Waals surface area contributed by atoms with Crippen molar-refractivity contribution < 1.29 is 19.1 Å². The minimum absolute atomic E-state index is 0.0506. The number of carbonyl (C=O) groups excluding carboxylic acids is 2. The van der Waals surface area contributed by atoms with Crippen molar-refractivity contribution in [2.45, 2.75) is 52.1 Å². The van der Waals surface area contributed by atoms with Crippen molar-refractivity contribution in [3.05, 3.63) is 0 Å². The molecule has 1 aliphatic heterocycles. The van der Waals surface area contributed by atoms with Crippen molar-refractivity contribution in [2.24, 2.45) is 5.92 Å². The molecule has 1 aliphatic rings. The lowest BCUT2D eigenvalue weighted by atomic mass is 9.99. The number of carbonyl (C=O) groups is 2. The Morgan fingerprint density at radius 1 is 1.50 bits per heavy atom. The molecule has 0 radical (unpaired) electrons. The molecule has 1 heterocycles. The molecular weight excluding hydrogens is 208 g/mol. The molecule has 0 aromatic carbocycles. The van der Waals surface area contributed by atoms with Crippen LogP contribution in [0.15, 0.2) is 0 Å². The Morgan fingerprint density at radius 3 is 2.81 bits per heavy atom. The Kier molecular flexibility index (Phi) is 5.29. The average Bonchev–Trinajstić information content (AvgIpc) is 2.53. The normalized spacial score (nSPS) is 24.2. The summed E-state index contributed by atoms with van der Waals surface area (Å²) in [4.78, 5) is 22.0. The summed E-state index contributed by atoms with van der Waals surface area (Å²) in [6.45, 7) is 4.27. The number of cyclic esters (lactones) is 1. The molecule has 0 aliphatic carbocycles. The molecule has 16 heavy (non-hydrogen) atoms. The van der Waals surface area contributed by atoms with Gasteiger partial charge in [0, 0.05) is 12.3 Å². The van der Waals surface area contributed by atoms with Gasteiger partial charge in [0.25, 0.3) is 0 Å². The van der Waals surface area contributed by atoms with E-state index in [1.54, 1.807) is 6.92 Å². The second-order valence-corrected chi connectivity index (χ2v) is 4.26. The predicted octanol–water partition coefficient (Wildman–Crippen LogP) is 2.06. The molecule has 0 saturated carbocycles. The van der Waals surface area contributed by atoms with Gasteiger partial charge < -0.3 is 9.47 Å². The number of unbranched alkanes of at least 4 members (excludes halogenated alkanes) is 1. The molecule has 0 aromatic heterocycles. The number of ether oxygens (including phenoxy) is 2. The van der Waals surface area contributed by atoms with Crippen molar-refractivity contribution in [2.75, 3.05) is 6.61 Å². The second-order valence-electron chi connectivity index (χ2n) is 4.26. The smallest absolute Gasteiger partial charge is 0.306 e. The Labute approximate surface area is 96.3 Å². The fourth-order valence-electron chi connectivity index (χ4n) is 1.92. The van der Waals surface area contributed by atoms with Crippen molar-refractivity contribution in [1.82, 2.24) is 0 Å². The van der Waals surface area contributed by atoms with E-state index in [-0.39, 0.29) is 18.0 Å². The summed E-state index contributed by atoms with van der Waals surface area (Å²) in [6, 6.07) is 0. The van der Waals surface area contributed by atoms with Crippen LogP contribution in [0, 0.1) is 5.92 Å². The van der Waals surface area contributed by atoms with E-state index in [0.717, 1.165) is 19.3 Å². The van der Waals surface area contributed by atoms with Gasteiger partial charge in [-0.25, -0.2) is 0 Å². The first-order chi connectivity index (χ1) is 7.63. The third kappa shape index (κ3) is 4.21. The second kappa shape index (κ2) is 6.51. The fraction of sp³-hybridized carbons (Fsp3) is 0.833. The van der Waals surface area contributed by atoms with Gasteiger partial charge in [-0.15, -0.1) is 0 Å². The molecule has 0 spiro atoms. The van der Waals surface area contributed by atoms with Gasteiger partial charge in [-0.2, -0.15) is 0 Å². The van der Waals surface area contributed by atoms with Crippen LogP contribution in [0.4, 0.5) is 0 Å². The third-order valence-corrected chi connectivity index (χ3v) is 2.83. The Hall–Kier alpha value is -1.06. The Bertz CT molecular complexity index is 249. The van der Waals surface area contributed by atoms with Crippen LogP contribution in [0.5, 0.6) is 0 Å². The van der Waals surface area contributed by atoms with E-state index >= 15 is 0 Å². The maximum Gasteiger partial charge on any atom is 0.306 e. The molecule has 1 fully saturated rings. The molecule has 0 amide bonds. The summed E-state index contributed by atoms with van der Waals surface area (Å²) in [7, 11) is 0. The van der Waals surface area contributed by atoms with Gasteiger partial charge in [0.05, 0.1) is 13.0 Å². The zero-order valence-electron chi connectivity index (χ0n) is 10.0. The molecular formula is C12H20O4. The number of hydrogen-bond donors (Lipinski definition) is 0. The van der Waals surface area contributed by atoms with Crippen LogP contribution in [0.25, 0.3) is 0 Å². The van der Waals surface area contributed by atoms with E-state index in [4.69, 9.17) is 9.47 Å². The molecule has 92 valence electrons. The highest BCUT2D eigenvalue weighted by Crippen LogP contribution is 2.25. The van der Waals surface area contributed by atoms with Crippen LogP contribution in [0.1, 0.15) is 46.0 Å². The third-order valence-electron chi connectivity index (χ3n) is 2.83. The van der Waals surface area contributed by atoms with Crippen molar-refractivity contribution in [1.29, 1.82) is 0 Å². The molecule has 0 aromatic rings. The van der Waals surface area contributed by atoms with Crippen LogP contribution in [0.2, 0.25) is 0 Å². The SMILES string of the molecule is CCOC(=O)CCCCC1OC(=O)CC1C. The van der Waals surface area contributed by atoms with Crippen molar-refractivity contribution in [3.8, 4) is 0 Å². The monoisotopic (exact) mass is 228 g/mol. The number of esters is 2. The standard InChI is InChI=1S/C12H20O4/c1-3-15-11(13)7-5-4-6-10-9(2)8-12(14)16-10/h9-10H,3-8H2,1-2H3. The largest absolute Gasteiger partial charge is 0.466 e. The van der Waals surface area contributed by atoms with Crippen LogP contribution < -0.4 is 0 Å². The Balaban J connectivity index is 2.07. The minimum Gasteiger partial charge on any atom is -0.466 e. The molecule has 1 saturated heterocycles. The molecule has 2 unspecified atom stereocenters. The van der Waals surface area contributed by atoms with Crippen molar-refractivity contribution in [3.63, 3.8) is 0 Å². The van der Waals surface area contributed by atoms with Gasteiger partial charge >= 0.3 is 11.9 Å². The lowest BCUT2D eigenvalue weighted by Gasteiger charge is -2.12. The van der Waals surface area contributed by atoms with Crippen molar-refractivity contribution >= 4 is 11.9 Å². The zero-order valence-corrected chi connectivity index (χ0v) is 10.0. The predicted molar refractivity (Wildman–Crippen MR) is 58.8 cm³/mol. The van der Waals surface area contributed by atoms with Gasteiger partial charge in [-0.3, -0.25) is 9.59 Å². The maximum absolute atomic E-state index is 11.0. The molecule has 4 heteroatoms. The highest BCUT2D eigenvalue weighted by molar-refractivity contribution is 5.72. The first-order valence-corrected chi connectivity index (χ1v) is 5.98. The van der Waals surface area contributed by atoms with Gasteiger partial charge in [-0.1, -0.05) is 6.92 Å². The van der Waals surface area contributed by atoms with Gasteiger partial charge in [0.15, 0.2) is 0 Å². The number of rotatable bonds is 6. The van der Waals surface area contributed by atoms with Gasteiger partial charge in [-0.05, 0) is 26.2 Å². The average molecular weight is 228 g/mol. The molecule has 4 nitrogen and oxygen atoms in total. The maximum atomic E-state index is 11.0. The summed E-state index contributed by atoms with van der Waals surface area (Å²) < 4.78 is 10.0. The van der Waals surface area contributed by atoms with E-state index in [0.29, 0.717) is 25.4 Å². The summed E-state index contributed by atoms with van der Waals surface area (Å²) in [5.74, 6) is 0.0805. The minimum atomic E-state index is -0.140. The van der Waals surface area contributed by atoms with Crippen LogP contribution in [-0.2, 0) is 19.1 Å². The molecule has 1 rings (SSSR count).